The van der Waals surface area contributed by atoms with E-state index in [1.807, 2.05) is 0 Å². The third-order valence-corrected chi connectivity index (χ3v) is 6.90. The Hall–Kier alpha value is -3.33. The fourth-order valence-corrected chi connectivity index (χ4v) is 4.62. The Bertz CT molecular complexity index is 1110. The smallest absolute Gasteiger partial charge is 0.273 e. The Kier molecular flexibility index (Phi) is 7.75. The summed E-state index contributed by atoms with van der Waals surface area (Å²) in [6.07, 6.45) is 12.9. The Morgan fingerprint density at radius 3 is 2.63 bits per heavy atom. The van der Waals surface area contributed by atoms with Crippen molar-refractivity contribution in [1.82, 2.24) is 25.1 Å². The van der Waals surface area contributed by atoms with Crippen molar-refractivity contribution in [2.75, 3.05) is 49.6 Å². The van der Waals surface area contributed by atoms with Gasteiger partial charge in [-0.1, -0.05) is 18.2 Å². The molecule has 3 heterocycles. The highest BCUT2D eigenvalue weighted by molar-refractivity contribution is 5.91. The van der Waals surface area contributed by atoms with E-state index in [4.69, 9.17) is 5.11 Å². The number of rotatable bonds is 7. The van der Waals surface area contributed by atoms with E-state index in [2.05, 4.69) is 69.0 Å². The maximum absolute atomic E-state index is 12.4. The summed E-state index contributed by atoms with van der Waals surface area (Å²) in [5.41, 5.74) is 5.03. The van der Waals surface area contributed by atoms with Gasteiger partial charge in [0, 0.05) is 45.7 Å². The number of amides is 1. The molecule has 0 unspecified atom stereocenters. The van der Waals surface area contributed by atoms with Crippen LogP contribution in [0.3, 0.4) is 0 Å². The highest BCUT2D eigenvalue weighted by atomic mass is 16.3. The predicted molar refractivity (Wildman–Crippen MR) is 137 cm³/mol. The fourth-order valence-electron chi connectivity index (χ4n) is 4.62. The van der Waals surface area contributed by atoms with E-state index >= 15 is 0 Å². The Morgan fingerprint density at radius 2 is 1.97 bits per heavy atom. The second-order valence-corrected chi connectivity index (χ2v) is 9.35. The summed E-state index contributed by atoms with van der Waals surface area (Å²) >= 11 is 0. The van der Waals surface area contributed by atoms with Crippen molar-refractivity contribution in [2.45, 2.75) is 46.1 Å². The van der Waals surface area contributed by atoms with Crippen molar-refractivity contribution in [2.24, 2.45) is 0 Å². The molecule has 0 bridgehead atoms. The summed E-state index contributed by atoms with van der Waals surface area (Å²) in [4.78, 5) is 27.1. The van der Waals surface area contributed by atoms with Crippen LogP contribution in [-0.4, -0.2) is 82.0 Å². The number of hydrogen-bond donors (Lipinski definition) is 1. The van der Waals surface area contributed by atoms with Crippen LogP contribution in [0, 0.1) is 13.8 Å². The number of hydrogen-bond acceptors (Lipinski definition) is 8. The van der Waals surface area contributed by atoms with Gasteiger partial charge in [-0.25, -0.2) is 9.97 Å². The highest BCUT2D eigenvalue weighted by Gasteiger charge is 2.28. The first-order valence-electron chi connectivity index (χ1n) is 12.3. The topological polar surface area (TPSA) is 98.6 Å². The number of piperazine rings is 1. The molecule has 2 aliphatic rings. The molecule has 9 heteroatoms. The zero-order valence-electron chi connectivity index (χ0n) is 21.1. The average Bonchev–Trinajstić information content (AvgIpc) is 2.87. The predicted octanol–water partition coefficient (Wildman–Crippen LogP) is 2.48. The molecule has 9 nitrogen and oxygen atoms in total. The van der Waals surface area contributed by atoms with Crippen LogP contribution in [0.1, 0.15) is 47.1 Å². The summed E-state index contributed by atoms with van der Waals surface area (Å²) in [5, 5.41) is 18.3. The van der Waals surface area contributed by atoms with Gasteiger partial charge in [-0.2, -0.15) is 5.10 Å². The van der Waals surface area contributed by atoms with Crippen molar-refractivity contribution in [3.63, 3.8) is 0 Å². The molecule has 1 N–H and O–H groups in total. The van der Waals surface area contributed by atoms with Gasteiger partial charge < -0.3 is 19.8 Å². The van der Waals surface area contributed by atoms with Gasteiger partial charge in [-0.15, -0.1) is 5.10 Å². The SMILES string of the molecule is Cc1c(CC2=CCCC=C2)nnc(N2CCN(c3cnc(C(=O)N(C)CCO)cn3)[C@H](C)C2)c1C. The molecule has 2 aromatic rings. The van der Waals surface area contributed by atoms with Crippen molar-refractivity contribution >= 4 is 17.5 Å². The molecule has 1 amide bonds. The van der Waals surface area contributed by atoms with E-state index in [0.29, 0.717) is 0 Å². The molecule has 0 saturated carbocycles. The summed E-state index contributed by atoms with van der Waals surface area (Å²) in [6.45, 7) is 8.99. The van der Waals surface area contributed by atoms with Crippen molar-refractivity contribution in [3.05, 3.63) is 58.7 Å². The average molecular weight is 478 g/mol. The third kappa shape index (κ3) is 5.51. The van der Waals surface area contributed by atoms with E-state index in [0.717, 1.165) is 56.2 Å². The molecule has 1 saturated heterocycles. The van der Waals surface area contributed by atoms with Crippen molar-refractivity contribution < 1.29 is 9.90 Å². The number of nitrogens with zero attached hydrogens (tertiary/aromatic N) is 7. The minimum Gasteiger partial charge on any atom is -0.395 e. The number of likely N-dealkylation sites (N-methyl/N-ethyl adjacent to an activating group) is 1. The first-order valence-corrected chi connectivity index (χ1v) is 12.3. The monoisotopic (exact) mass is 477 g/mol. The van der Waals surface area contributed by atoms with Crippen LogP contribution in [0.25, 0.3) is 0 Å². The second-order valence-electron chi connectivity index (χ2n) is 9.35. The molecule has 35 heavy (non-hydrogen) atoms. The quantitative estimate of drug-likeness (QED) is 0.650. The minimum absolute atomic E-state index is 0.0862. The van der Waals surface area contributed by atoms with E-state index in [1.165, 1.54) is 27.8 Å². The van der Waals surface area contributed by atoms with E-state index in [-0.39, 0.29) is 30.8 Å². The van der Waals surface area contributed by atoms with Gasteiger partial charge >= 0.3 is 0 Å². The van der Waals surface area contributed by atoms with Crippen LogP contribution in [0.4, 0.5) is 11.6 Å². The van der Waals surface area contributed by atoms with Crippen LogP contribution in [0.15, 0.2) is 36.2 Å². The van der Waals surface area contributed by atoms with Crippen LogP contribution in [-0.2, 0) is 6.42 Å². The number of aliphatic hydroxyl groups excluding tert-OH is 1. The Labute approximate surface area is 207 Å². The molecule has 0 aromatic carbocycles. The number of aromatic nitrogens is 4. The number of aliphatic hydroxyl groups is 1. The maximum atomic E-state index is 12.4. The summed E-state index contributed by atoms with van der Waals surface area (Å²) in [5.74, 6) is 1.45. The Balaban J connectivity index is 1.42. The molecule has 0 radical (unpaired) electrons. The van der Waals surface area contributed by atoms with E-state index in [1.54, 1.807) is 13.2 Å². The summed E-state index contributed by atoms with van der Waals surface area (Å²) < 4.78 is 0. The number of carbonyl (C=O) groups is 1. The fraction of sp³-hybridized carbons (Fsp3) is 0.500. The van der Waals surface area contributed by atoms with Gasteiger partial charge in [0.1, 0.15) is 11.5 Å². The van der Waals surface area contributed by atoms with E-state index < -0.39 is 0 Å². The number of anilines is 2. The molecule has 1 aliphatic heterocycles. The molecule has 1 fully saturated rings. The standard InChI is InChI=1S/C26H35N7O2/c1-18-17-32(25-20(3)19(2)22(29-30-25)14-21-8-6-5-7-9-21)10-11-33(18)24-16-27-23(15-28-24)26(35)31(4)12-13-34/h6,8-9,15-16,18,34H,5,7,10-14,17H2,1-4H3/t18-/m1/s1. The van der Waals surface area contributed by atoms with Gasteiger partial charge in [-0.05, 0) is 50.3 Å². The van der Waals surface area contributed by atoms with E-state index in [9.17, 15) is 4.79 Å². The van der Waals surface area contributed by atoms with Gasteiger partial charge in [0.2, 0.25) is 0 Å². The molecule has 0 spiro atoms. The van der Waals surface area contributed by atoms with Gasteiger partial charge in [0.25, 0.3) is 5.91 Å². The third-order valence-electron chi connectivity index (χ3n) is 6.90. The molecule has 2 aromatic heterocycles. The van der Waals surface area contributed by atoms with Gasteiger partial charge in [-0.3, -0.25) is 4.79 Å². The zero-order valence-corrected chi connectivity index (χ0v) is 21.1. The second kappa shape index (κ2) is 10.9. The van der Waals surface area contributed by atoms with Crippen LogP contribution in [0.2, 0.25) is 0 Å². The number of allylic oxidation sites excluding steroid dienone is 4. The highest BCUT2D eigenvalue weighted by Crippen LogP contribution is 2.27. The normalized spacial score (nSPS) is 18.0. The molecule has 1 atom stereocenters. The molecule has 186 valence electrons. The molecular formula is C26H35N7O2. The summed E-state index contributed by atoms with van der Waals surface area (Å²) in [7, 11) is 1.64. The van der Waals surface area contributed by atoms with Crippen molar-refractivity contribution in [1.29, 1.82) is 0 Å². The lowest BCUT2D eigenvalue weighted by atomic mass is 9.99. The minimum atomic E-state index is -0.250. The van der Waals surface area contributed by atoms with Crippen molar-refractivity contribution in [3.8, 4) is 0 Å². The molecule has 4 rings (SSSR count). The first-order chi connectivity index (χ1) is 16.9. The molecular weight excluding hydrogens is 442 g/mol. The van der Waals surface area contributed by atoms with Gasteiger partial charge in [0.15, 0.2) is 5.82 Å². The first kappa shape index (κ1) is 24.8. The zero-order chi connectivity index (χ0) is 24.9. The summed E-state index contributed by atoms with van der Waals surface area (Å²) in [6, 6.07) is 0.190. The Morgan fingerprint density at radius 1 is 1.14 bits per heavy atom. The van der Waals surface area contributed by atoms with Gasteiger partial charge in [0.05, 0.1) is 24.7 Å². The lowest BCUT2D eigenvalue weighted by molar-refractivity contribution is 0.0760. The van der Waals surface area contributed by atoms with Crippen LogP contribution < -0.4 is 9.80 Å². The lowest BCUT2D eigenvalue weighted by Crippen LogP contribution is -2.53. The van der Waals surface area contributed by atoms with Crippen LogP contribution >= 0.6 is 0 Å². The van der Waals surface area contributed by atoms with Crippen LogP contribution in [0.5, 0.6) is 0 Å². The molecule has 1 aliphatic carbocycles. The maximum Gasteiger partial charge on any atom is 0.273 e. The number of carbonyl (C=O) groups excluding carboxylic acids is 1. The lowest BCUT2D eigenvalue weighted by Gasteiger charge is -2.41. The largest absolute Gasteiger partial charge is 0.395 e.